The molecule has 104 valence electrons. The molecule has 0 bridgehead atoms. The third kappa shape index (κ3) is 3.22. The van der Waals surface area contributed by atoms with Gasteiger partial charge in [0, 0.05) is 13.1 Å². The van der Waals surface area contributed by atoms with Crippen LogP contribution in [-0.2, 0) is 0 Å². The van der Waals surface area contributed by atoms with Crippen LogP contribution in [-0.4, -0.2) is 33.9 Å². The predicted molar refractivity (Wildman–Crippen MR) is 74.6 cm³/mol. The minimum absolute atomic E-state index is 0.0720. The van der Waals surface area contributed by atoms with Gasteiger partial charge < -0.3 is 10.6 Å². The fourth-order valence-corrected chi connectivity index (χ4v) is 2.57. The fraction of sp³-hybridized carbons (Fsp3) is 0.643. The van der Waals surface area contributed by atoms with Gasteiger partial charge in [0.25, 0.3) is 5.91 Å². The summed E-state index contributed by atoms with van der Waals surface area (Å²) in [6, 6.07) is 0.305. The number of anilines is 1. The maximum Gasteiger partial charge on any atom is 0.274 e. The zero-order valence-corrected chi connectivity index (χ0v) is 11.9. The van der Waals surface area contributed by atoms with Crippen LogP contribution in [0.5, 0.6) is 0 Å². The number of carbonyl (C=O) groups excluding carboxylic acids is 1. The number of aromatic nitrogens is 2. The van der Waals surface area contributed by atoms with Crippen LogP contribution < -0.4 is 5.73 Å². The molecule has 0 aliphatic heterocycles. The Bertz CT molecular complexity index is 445. The number of carbonyl (C=O) groups is 1. The second kappa shape index (κ2) is 5.15. The van der Waals surface area contributed by atoms with E-state index in [0.717, 1.165) is 25.7 Å². The normalized spacial score (nSPS) is 19.1. The van der Waals surface area contributed by atoms with Crippen molar-refractivity contribution in [2.75, 3.05) is 12.8 Å². The molecule has 1 heterocycles. The van der Waals surface area contributed by atoms with Crippen molar-refractivity contribution in [2.24, 2.45) is 5.41 Å². The molecule has 1 aliphatic carbocycles. The fourth-order valence-electron chi connectivity index (χ4n) is 2.57. The topological polar surface area (TPSA) is 72.1 Å². The summed E-state index contributed by atoms with van der Waals surface area (Å²) in [6.07, 6.45) is 7.28. The molecule has 5 heteroatoms. The van der Waals surface area contributed by atoms with Gasteiger partial charge in [-0.2, -0.15) is 0 Å². The van der Waals surface area contributed by atoms with Gasteiger partial charge in [-0.3, -0.25) is 4.79 Å². The van der Waals surface area contributed by atoms with Gasteiger partial charge >= 0.3 is 0 Å². The van der Waals surface area contributed by atoms with E-state index in [1.807, 2.05) is 7.05 Å². The van der Waals surface area contributed by atoms with Crippen molar-refractivity contribution in [3.05, 3.63) is 18.1 Å². The van der Waals surface area contributed by atoms with Gasteiger partial charge in [-0.05, 0) is 31.1 Å². The van der Waals surface area contributed by atoms with Gasteiger partial charge in [-0.1, -0.05) is 13.8 Å². The van der Waals surface area contributed by atoms with Gasteiger partial charge in [-0.15, -0.1) is 0 Å². The predicted octanol–water partition coefficient (Wildman–Crippen LogP) is 2.10. The first-order valence-electron chi connectivity index (χ1n) is 6.74. The lowest BCUT2D eigenvalue weighted by molar-refractivity contribution is 0.0629. The number of nitrogens with two attached hydrogens (primary N) is 1. The van der Waals surface area contributed by atoms with E-state index >= 15 is 0 Å². The Labute approximate surface area is 114 Å². The van der Waals surface area contributed by atoms with Gasteiger partial charge in [-0.25, -0.2) is 9.97 Å². The Kier molecular flexibility index (Phi) is 3.73. The molecule has 2 N–H and O–H groups in total. The molecule has 0 spiro atoms. The summed E-state index contributed by atoms with van der Waals surface area (Å²) in [5.74, 6) is 0.260. The Morgan fingerprint density at radius 3 is 2.47 bits per heavy atom. The Balaban J connectivity index is 2.02. The van der Waals surface area contributed by atoms with Crippen LogP contribution in [0, 0.1) is 5.41 Å². The van der Waals surface area contributed by atoms with Crippen molar-refractivity contribution in [3.8, 4) is 0 Å². The molecule has 0 saturated heterocycles. The van der Waals surface area contributed by atoms with Gasteiger partial charge in [0.1, 0.15) is 11.5 Å². The lowest BCUT2D eigenvalue weighted by Crippen LogP contribution is -2.41. The number of hydrogen-bond donors (Lipinski definition) is 1. The first kappa shape index (κ1) is 13.8. The van der Waals surface area contributed by atoms with Gasteiger partial charge in [0.05, 0.1) is 12.4 Å². The maximum absolute atomic E-state index is 12.3. The first-order valence-corrected chi connectivity index (χ1v) is 6.74. The van der Waals surface area contributed by atoms with E-state index in [9.17, 15) is 4.79 Å². The van der Waals surface area contributed by atoms with Crippen LogP contribution in [0.1, 0.15) is 50.0 Å². The highest BCUT2D eigenvalue weighted by Crippen LogP contribution is 2.36. The Hall–Kier alpha value is -1.65. The van der Waals surface area contributed by atoms with Crippen molar-refractivity contribution in [1.29, 1.82) is 0 Å². The lowest BCUT2D eigenvalue weighted by Gasteiger charge is -2.38. The van der Waals surface area contributed by atoms with Crippen molar-refractivity contribution >= 4 is 11.7 Å². The van der Waals surface area contributed by atoms with E-state index < -0.39 is 0 Å². The molecule has 1 aromatic heterocycles. The molecule has 2 rings (SSSR count). The average Bonchev–Trinajstić information content (AvgIpc) is 2.38. The van der Waals surface area contributed by atoms with Crippen LogP contribution in [0.15, 0.2) is 12.4 Å². The highest BCUT2D eigenvalue weighted by Gasteiger charge is 2.31. The summed E-state index contributed by atoms with van der Waals surface area (Å²) in [6.45, 7) is 4.58. The van der Waals surface area contributed by atoms with Crippen LogP contribution in [0.25, 0.3) is 0 Å². The number of amides is 1. The van der Waals surface area contributed by atoms with Crippen molar-refractivity contribution < 1.29 is 4.79 Å². The molecule has 1 fully saturated rings. The van der Waals surface area contributed by atoms with Gasteiger partial charge in [0.2, 0.25) is 0 Å². The Morgan fingerprint density at radius 2 is 1.95 bits per heavy atom. The zero-order valence-electron chi connectivity index (χ0n) is 11.9. The average molecular weight is 262 g/mol. The van der Waals surface area contributed by atoms with Crippen LogP contribution in [0.3, 0.4) is 0 Å². The number of hydrogen-bond acceptors (Lipinski definition) is 4. The molecule has 1 amide bonds. The third-order valence-corrected chi connectivity index (χ3v) is 4.07. The van der Waals surface area contributed by atoms with E-state index in [0.29, 0.717) is 23.0 Å². The van der Waals surface area contributed by atoms with E-state index in [1.54, 1.807) is 4.90 Å². The first-order chi connectivity index (χ1) is 8.89. The summed E-state index contributed by atoms with van der Waals surface area (Å²) in [5, 5.41) is 0. The monoisotopic (exact) mass is 262 g/mol. The maximum atomic E-state index is 12.3. The van der Waals surface area contributed by atoms with E-state index in [1.165, 1.54) is 12.4 Å². The third-order valence-electron chi connectivity index (χ3n) is 4.07. The second-order valence-corrected chi connectivity index (χ2v) is 6.14. The van der Waals surface area contributed by atoms with E-state index in [2.05, 4.69) is 23.8 Å². The molecule has 19 heavy (non-hydrogen) atoms. The zero-order chi connectivity index (χ0) is 14.0. The standard InChI is InChI=1S/C14H22N4O/c1-14(2)6-4-10(5-7-14)18(3)13(19)11-8-17-12(15)9-16-11/h8-10H,4-7H2,1-3H3,(H2,15,17). The minimum atomic E-state index is -0.0720. The SMILES string of the molecule is CN(C(=O)c1cnc(N)cn1)C1CCC(C)(C)CC1. The number of nitrogens with zero attached hydrogens (tertiary/aromatic N) is 3. The summed E-state index contributed by atoms with van der Waals surface area (Å²) in [5.41, 5.74) is 6.24. The smallest absolute Gasteiger partial charge is 0.274 e. The van der Waals surface area contributed by atoms with Gasteiger partial charge in [0.15, 0.2) is 0 Å². The molecule has 1 aromatic rings. The van der Waals surface area contributed by atoms with Crippen LogP contribution in [0.2, 0.25) is 0 Å². The van der Waals surface area contributed by atoms with E-state index in [4.69, 9.17) is 5.73 Å². The largest absolute Gasteiger partial charge is 0.382 e. The highest BCUT2D eigenvalue weighted by atomic mass is 16.2. The summed E-state index contributed by atoms with van der Waals surface area (Å²) >= 11 is 0. The molecule has 5 nitrogen and oxygen atoms in total. The number of nitrogen functional groups attached to an aromatic ring is 1. The molecule has 1 aliphatic rings. The molecular formula is C14H22N4O. The summed E-state index contributed by atoms with van der Waals surface area (Å²) < 4.78 is 0. The molecule has 0 unspecified atom stereocenters. The Morgan fingerprint density at radius 1 is 1.32 bits per heavy atom. The van der Waals surface area contributed by atoms with Crippen LogP contribution in [0.4, 0.5) is 5.82 Å². The minimum Gasteiger partial charge on any atom is -0.382 e. The summed E-state index contributed by atoms with van der Waals surface area (Å²) in [4.78, 5) is 22.1. The molecular weight excluding hydrogens is 240 g/mol. The molecule has 0 radical (unpaired) electrons. The van der Waals surface area contributed by atoms with Crippen molar-refractivity contribution in [2.45, 2.75) is 45.6 Å². The van der Waals surface area contributed by atoms with Crippen molar-refractivity contribution in [1.82, 2.24) is 14.9 Å². The molecule has 1 saturated carbocycles. The highest BCUT2D eigenvalue weighted by molar-refractivity contribution is 5.92. The van der Waals surface area contributed by atoms with E-state index in [-0.39, 0.29) is 5.91 Å². The van der Waals surface area contributed by atoms with Crippen LogP contribution >= 0.6 is 0 Å². The molecule has 0 aromatic carbocycles. The second-order valence-electron chi connectivity index (χ2n) is 6.14. The molecule has 0 atom stereocenters. The summed E-state index contributed by atoms with van der Waals surface area (Å²) in [7, 11) is 1.85. The lowest BCUT2D eigenvalue weighted by atomic mass is 9.75. The quantitative estimate of drug-likeness (QED) is 0.886. The number of rotatable bonds is 2. The van der Waals surface area contributed by atoms with Crippen molar-refractivity contribution in [3.63, 3.8) is 0 Å².